The zero-order valence-electron chi connectivity index (χ0n) is 9.66. The number of hydrazine groups is 1. The highest BCUT2D eigenvalue weighted by atomic mass is 16.2. The van der Waals surface area contributed by atoms with Crippen molar-refractivity contribution in [3.63, 3.8) is 0 Å². The molecule has 1 rings (SSSR count). The molecule has 0 radical (unpaired) electrons. The fourth-order valence-corrected chi connectivity index (χ4v) is 1.82. The molecule has 1 aliphatic heterocycles. The van der Waals surface area contributed by atoms with Crippen molar-refractivity contribution >= 4 is 11.7 Å². The minimum atomic E-state index is 0.185. The van der Waals surface area contributed by atoms with Gasteiger partial charge in [0.2, 0.25) is 5.91 Å². The molecule has 0 aromatic heterocycles. The highest BCUT2D eigenvalue weighted by Gasteiger charge is 2.24. The van der Waals surface area contributed by atoms with Crippen molar-refractivity contribution in [2.45, 2.75) is 39.5 Å². The van der Waals surface area contributed by atoms with Crippen LogP contribution in [0.4, 0.5) is 0 Å². The Hall–Kier alpha value is -0.900. The molecule has 86 valence electrons. The molecule has 4 heteroatoms. The fourth-order valence-electron chi connectivity index (χ4n) is 1.82. The summed E-state index contributed by atoms with van der Waals surface area (Å²) in [5.74, 6) is 0.385. The van der Waals surface area contributed by atoms with Gasteiger partial charge in [-0.05, 0) is 19.8 Å². The van der Waals surface area contributed by atoms with E-state index in [0.29, 0.717) is 19.4 Å². The van der Waals surface area contributed by atoms with Crippen LogP contribution in [0.5, 0.6) is 0 Å². The first-order valence-electron chi connectivity index (χ1n) is 5.69. The number of Topliss-reactive ketones (excluding diaryl/α,β-unsaturated/α-hetero) is 1. The molecule has 0 saturated carbocycles. The van der Waals surface area contributed by atoms with Crippen molar-refractivity contribution < 1.29 is 9.59 Å². The lowest BCUT2D eigenvalue weighted by molar-refractivity contribution is -0.156. The second-order valence-electron chi connectivity index (χ2n) is 4.03. The number of amides is 1. The molecule has 1 amide bonds. The molecule has 0 atom stereocenters. The summed E-state index contributed by atoms with van der Waals surface area (Å²) in [5.41, 5.74) is 0. The smallest absolute Gasteiger partial charge is 0.236 e. The average Bonchev–Trinajstić information content (AvgIpc) is 2.19. The lowest BCUT2D eigenvalue weighted by Gasteiger charge is -2.38. The monoisotopic (exact) mass is 212 g/mol. The van der Waals surface area contributed by atoms with Crippen LogP contribution in [-0.4, -0.2) is 41.3 Å². The van der Waals surface area contributed by atoms with Gasteiger partial charge in [0.1, 0.15) is 5.78 Å². The van der Waals surface area contributed by atoms with Crippen molar-refractivity contribution in [1.82, 2.24) is 10.0 Å². The van der Waals surface area contributed by atoms with E-state index in [4.69, 9.17) is 0 Å². The highest BCUT2D eigenvalue weighted by Crippen LogP contribution is 2.13. The van der Waals surface area contributed by atoms with Crippen molar-refractivity contribution in [3.8, 4) is 0 Å². The maximum atomic E-state index is 11.6. The SMILES string of the molecule is CCCN1C(=O)CCCN1CCC(C)=O. The van der Waals surface area contributed by atoms with Gasteiger partial charge in [-0.1, -0.05) is 6.92 Å². The van der Waals surface area contributed by atoms with Crippen LogP contribution in [-0.2, 0) is 9.59 Å². The van der Waals surface area contributed by atoms with E-state index >= 15 is 0 Å². The molecular weight excluding hydrogens is 192 g/mol. The molecule has 0 spiro atoms. The van der Waals surface area contributed by atoms with E-state index in [9.17, 15) is 9.59 Å². The summed E-state index contributed by atoms with van der Waals surface area (Å²) in [6.45, 7) is 6.01. The fraction of sp³-hybridized carbons (Fsp3) is 0.818. The van der Waals surface area contributed by atoms with Gasteiger partial charge in [-0.2, -0.15) is 0 Å². The molecule has 4 nitrogen and oxygen atoms in total. The zero-order valence-corrected chi connectivity index (χ0v) is 9.66. The quantitative estimate of drug-likeness (QED) is 0.688. The maximum Gasteiger partial charge on any atom is 0.236 e. The van der Waals surface area contributed by atoms with Crippen molar-refractivity contribution in [3.05, 3.63) is 0 Å². The van der Waals surface area contributed by atoms with E-state index in [1.54, 1.807) is 6.92 Å². The van der Waals surface area contributed by atoms with E-state index in [2.05, 4.69) is 6.92 Å². The first-order valence-corrected chi connectivity index (χ1v) is 5.69. The summed E-state index contributed by atoms with van der Waals surface area (Å²) in [7, 11) is 0. The van der Waals surface area contributed by atoms with Crippen molar-refractivity contribution in [1.29, 1.82) is 0 Å². The standard InChI is InChI=1S/C11H20N2O2/c1-3-7-13-11(15)5-4-8-12(13)9-6-10(2)14/h3-9H2,1-2H3. The second kappa shape index (κ2) is 5.85. The number of ketones is 1. The van der Waals surface area contributed by atoms with Gasteiger partial charge in [-0.15, -0.1) is 0 Å². The Balaban J connectivity index is 2.50. The molecule has 0 aromatic carbocycles. The Morgan fingerprint density at radius 2 is 2.13 bits per heavy atom. The molecule has 1 fully saturated rings. The van der Waals surface area contributed by atoms with Gasteiger partial charge in [0.25, 0.3) is 0 Å². The van der Waals surface area contributed by atoms with Gasteiger partial charge in [0.05, 0.1) is 0 Å². The minimum absolute atomic E-state index is 0.185. The normalized spacial score (nSPS) is 18.3. The number of hydrogen-bond donors (Lipinski definition) is 0. The predicted octanol–water partition coefficient (Wildman–Crippen LogP) is 1.21. The van der Waals surface area contributed by atoms with Crippen LogP contribution >= 0.6 is 0 Å². The molecule has 1 saturated heterocycles. The van der Waals surface area contributed by atoms with E-state index in [1.165, 1.54) is 0 Å². The van der Waals surface area contributed by atoms with Crippen LogP contribution in [0, 0.1) is 0 Å². The highest BCUT2D eigenvalue weighted by molar-refractivity contribution is 5.77. The molecule has 0 aromatic rings. The third kappa shape index (κ3) is 3.63. The molecule has 0 unspecified atom stereocenters. The lowest BCUT2D eigenvalue weighted by atomic mass is 10.2. The van der Waals surface area contributed by atoms with E-state index in [-0.39, 0.29) is 11.7 Å². The van der Waals surface area contributed by atoms with Crippen LogP contribution in [0.2, 0.25) is 0 Å². The first-order chi connectivity index (χ1) is 7.15. The van der Waals surface area contributed by atoms with Gasteiger partial charge in [0.15, 0.2) is 0 Å². The van der Waals surface area contributed by atoms with Crippen molar-refractivity contribution in [2.24, 2.45) is 0 Å². The van der Waals surface area contributed by atoms with Crippen LogP contribution in [0.1, 0.15) is 39.5 Å². The predicted molar refractivity (Wildman–Crippen MR) is 58.1 cm³/mol. The van der Waals surface area contributed by atoms with Gasteiger partial charge in [-0.3, -0.25) is 14.6 Å². The summed E-state index contributed by atoms with van der Waals surface area (Å²) < 4.78 is 0. The average molecular weight is 212 g/mol. The summed E-state index contributed by atoms with van der Waals surface area (Å²) >= 11 is 0. The Morgan fingerprint density at radius 3 is 2.73 bits per heavy atom. The van der Waals surface area contributed by atoms with E-state index < -0.39 is 0 Å². The number of hydrogen-bond acceptors (Lipinski definition) is 3. The molecule has 0 bridgehead atoms. The third-order valence-corrected chi connectivity index (χ3v) is 2.59. The van der Waals surface area contributed by atoms with Gasteiger partial charge < -0.3 is 0 Å². The Bertz CT molecular complexity index is 241. The van der Waals surface area contributed by atoms with Crippen LogP contribution in [0.25, 0.3) is 0 Å². The molecule has 0 aliphatic carbocycles. The molecule has 0 N–H and O–H groups in total. The van der Waals surface area contributed by atoms with E-state index in [0.717, 1.165) is 25.9 Å². The van der Waals surface area contributed by atoms with Crippen molar-refractivity contribution in [2.75, 3.05) is 19.6 Å². The largest absolute Gasteiger partial charge is 0.300 e. The summed E-state index contributed by atoms with van der Waals surface area (Å²) in [6.07, 6.45) is 3.06. The van der Waals surface area contributed by atoms with E-state index in [1.807, 2.05) is 10.0 Å². The lowest BCUT2D eigenvalue weighted by Crippen LogP contribution is -2.51. The Kier molecular flexibility index (Phi) is 4.75. The first kappa shape index (κ1) is 12.2. The Morgan fingerprint density at radius 1 is 1.40 bits per heavy atom. The van der Waals surface area contributed by atoms with Crippen LogP contribution < -0.4 is 0 Å². The number of carbonyl (C=O) groups is 2. The molecule has 15 heavy (non-hydrogen) atoms. The topological polar surface area (TPSA) is 40.6 Å². The second-order valence-corrected chi connectivity index (χ2v) is 4.03. The molecular formula is C11H20N2O2. The van der Waals surface area contributed by atoms with Crippen LogP contribution in [0.15, 0.2) is 0 Å². The van der Waals surface area contributed by atoms with Gasteiger partial charge in [-0.25, -0.2) is 5.01 Å². The summed E-state index contributed by atoms with van der Waals surface area (Å²) in [6, 6.07) is 0. The number of rotatable bonds is 5. The number of nitrogens with zero attached hydrogens (tertiary/aromatic N) is 2. The maximum absolute atomic E-state index is 11.6. The summed E-state index contributed by atoms with van der Waals surface area (Å²) in [5, 5.41) is 3.84. The molecule has 1 aliphatic rings. The summed E-state index contributed by atoms with van der Waals surface area (Å²) in [4.78, 5) is 22.5. The Labute approximate surface area is 91.2 Å². The van der Waals surface area contributed by atoms with Crippen LogP contribution in [0.3, 0.4) is 0 Å². The van der Waals surface area contributed by atoms with Gasteiger partial charge >= 0.3 is 0 Å². The number of carbonyl (C=O) groups excluding carboxylic acids is 2. The zero-order chi connectivity index (χ0) is 11.3. The third-order valence-electron chi connectivity index (χ3n) is 2.59. The van der Waals surface area contributed by atoms with Gasteiger partial charge in [0, 0.05) is 32.5 Å². The molecule has 1 heterocycles. The minimum Gasteiger partial charge on any atom is -0.300 e.